The number of pyridine rings is 2. The highest BCUT2D eigenvalue weighted by molar-refractivity contribution is 6.15. The van der Waals surface area contributed by atoms with Crippen molar-refractivity contribution in [3.63, 3.8) is 0 Å². The van der Waals surface area contributed by atoms with Crippen LogP contribution in [0.25, 0.3) is 154 Å². The lowest BCUT2D eigenvalue weighted by atomic mass is 9.66. The van der Waals surface area contributed by atoms with E-state index < -0.39 is 5.41 Å². The van der Waals surface area contributed by atoms with Crippen LogP contribution in [0.4, 0.5) is 5.69 Å². The van der Waals surface area contributed by atoms with Gasteiger partial charge in [0.25, 0.3) is 0 Å². The SMILES string of the molecule is [C-]#[N+]c1ccc2c(c1)c1ccccc1n2-c1cnc2c(c1)C1(c3cc(-n4c5ccccc5c5ccccc54)ccc3Oc3ccc(-n4c5ccc(C#N)cc5c5cc(-n6c7ccccc7c7ccccc76)ccc54)cc31)c1cc(-n3c4ccccc4c4ccccc43)cnc1-2. The summed E-state index contributed by atoms with van der Waals surface area (Å²) < 4.78 is 19.2. The highest BCUT2D eigenvalue weighted by Crippen LogP contribution is 2.63. The first-order chi connectivity index (χ1) is 47.0. The summed E-state index contributed by atoms with van der Waals surface area (Å²) in [5.41, 5.74) is 20.4. The Balaban J connectivity index is 0.889. The van der Waals surface area contributed by atoms with Gasteiger partial charge in [0.1, 0.15) is 11.5 Å². The molecular formula is C85H47N9O. The average Bonchev–Trinajstić information content (AvgIpc) is 1.57. The summed E-state index contributed by atoms with van der Waals surface area (Å²) in [4.78, 5) is 15.2. The molecule has 0 bridgehead atoms. The van der Waals surface area contributed by atoms with Gasteiger partial charge in [0.05, 0.1) is 114 Å². The van der Waals surface area contributed by atoms with Crippen LogP contribution >= 0.6 is 0 Å². The molecule has 12 aromatic carbocycles. The molecule has 95 heavy (non-hydrogen) atoms. The van der Waals surface area contributed by atoms with Crippen LogP contribution in [-0.2, 0) is 5.41 Å². The molecule has 1 atom stereocenters. The van der Waals surface area contributed by atoms with Crippen LogP contribution < -0.4 is 4.74 Å². The van der Waals surface area contributed by atoms with Crippen LogP contribution in [0.2, 0.25) is 0 Å². The number of aromatic nitrogens is 7. The molecule has 1 spiro atoms. The smallest absolute Gasteiger partial charge is 0.188 e. The van der Waals surface area contributed by atoms with Crippen LogP contribution in [0.15, 0.2) is 285 Å². The Morgan fingerprint density at radius 3 is 1.04 bits per heavy atom. The largest absolute Gasteiger partial charge is 0.457 e. The van der Waals surface area contributed by atoms with E-state index in [4.69, 9.17) is 21.3 Å². The number of para-hydroxylation sites is 7. The molecule has 0 saturated heterocycles. The second-order valence-corrected chi connectivity index (χ2v) is 25.0. The van der Waals surface area contributed by atoms with Crippen molar-refractivity contribution in [3.8, 4) is 57.4 Å². The highest BCUT2D eigenvalue weighted by atomic mass is 16.5. The number of hydrogen-bond donors (Lipinski definition) is 0. The van der Waals surface area contributed by atoms with Gasteiger partial charge in [-0.15, -0.1) is 0 Å². The van der Waals surface area contributed by atoms with E-state index in [-0.39, 0.29) is 0 Å². The molecule has 0 saturated carbocycles. The zero-order valence-electron chi connectivity index (χ0n) is 50.6. The third kappa shape index (κ3) is 6.83. The van der Waals surface area contributed by atoms with Crippen LogP contribution in [-0.4, -0.2) is 32.8 Å². The van der Waals surface area contributed by atoms with Crippen molar-refractivity contribution < 1.29 is 4.74 Å². The zero-order chi connectivity index (χ0) is 62.4. The Labute approximate surface area is 541 Å². The molecular weight excluding hydrogens is 1160 g/mol. The Morgan fingerprint density at radius 1 is 0.316 bits per heavy atom. The fourth-order valence-corrected chi connectivity index (χ4v) is 16.6. The fraction of sp³-hybridized carbons (Fsp3) is 0.0118. The number of nitriles is 1. The van der Waals surface area contributed by atoms with Crippen LogP contribution in [0.5, 0.6) is 11.5 Å². The molecule has 19 aromatic rings. The summed E-state index contributed by atoms with van der Waals surface area (Å²) in [5.74, 6) is 1.41. The zero-order valence-corrected chi connectivity index (χ0v) is 50.6. The number of rotatable bonds is 5. The van der Waals surface area contributed by atoms with Gasteiger partial charge >= 0.3 is 0 Å². The van der Waals surface area contributed by atoms with Gasteiger partial charge < -0.3 is 27.6 Å². The van der Waals surface area contributed by atoms with Crippen LogP contribution in [0.3, 0.4) is 0 Å². The Morgan fingerprint density at radius 2 is 0.632 bits per heavy atom. The predicted molar refractivity (Wildman–Crippen MR) is 382 cm³/mol. The fourth-order valence-electron chi connectivity index (χ4n) is 16.6. The Hall–Kier alpha value is -13.3. The maximum Gasteiger partial charge on any atom is 0.188 e. The van der Waals surface area contributed by atoms with E-state index in [0.29, 0.717) is 22.7 Å². The van der Waals surface area contributed by atoms with Gasteiger partial charge in [0, 0.05) is 87.8 Å². The lowest BCUT2D eigenvalue weighted by Gasteiger charge is -2.39. The summed E-state index contributed by atoms with van der Waals surface area (Å²) in [6.07, 6.45) is 4.01. The molecule has 10 heteroatoms. The second-order valence-electron chi connectivity index (χ2n) is 25.0. The molecule has 1 aliphatic carbocycles. The summed E-state index contributed by atoms with van der Waals surface area (Å²) in [6.45, 7) is 8.07. The van der Waals surface area contributed by atoms with Gasteiger partial charge in [-0.25, -0.2) is 4.85 Å². The normalized spacial score (nSPS) is 14.0. The molecule has 438 valence electrons. The van der Waals surface area contributed by atoms with E-state index in [1.165, 1.54) is 10.8 Å². The van der Waals surface area contributed by atoms with Gasteiger partial charge in [-0.3, -0.25) is 9.97 Å². The maximum atomic E-state index is 10.6. The van der Waals surface area contributed by atoms with Crippen molar-refractivity contribution in [2.75, 3.05) is 0 Å². The quantitative estimate of drug-likeness (QED) is 0.161. The molecule has 0 fully saturated rings. The van der Waals surface area contributed by atoms with Crippen molar-refractivity contribution >= 4 is 115 Å². The molecule has 8 heterocycles. The van der Waals surface area contributed by atoms with Gasteiger partial charge in [-0.05, 0) is 145 Å². The molecule has 7 aromatic heterocycles. The summed E-state index contributed by atoms with van der Waals surface area (Å²) in [7, 11) is 0. The van der Waals surface area contributed by atoms with Crippen LogP contribution in [0.1, 0.15) is 27.8 Å². The lowest BCUT2D eigenvalue weighted by Crippen LogP contribution is -2.33. The average molecular weight is 1210 g/mol. The maximum absolute atomic E-state index is 10.6. The van der Waals surface area contributed by atoms with E-state index in [9.17, 15) is 5.26 Å². The first kappa shape index (κ1) is 51.5. The van der Waals surface area contributed by atoms with Crippen molar-refractivity contribution in [1.29, 1.82) is 5.26 Å². The molecule has 1 unspecified atom stereocenters. The van der Waals surface area contributed by atoms with E-state index in [2.05, 4.69) is 282 Å². The monoisotopic (exact) mass is 1210 g/mol. The molecule has 0 amide bonds. The van der Waals surface area contributed by atoms with Gasteiger partial charge in [0.15, 0.2) is 5.69 Å². The number of benzene rings is 12. The third-order valence-corrected chi connectivity index (χ3v) is 20.4. The van der Waals surface area contributed by atoms with Gasteiger partial charge in [-0.2, -0.15) is 5.26 Å². The van der Waals surface area contributed by atoms with Crippen molar-refractivity contribution in [2.24, 2.45) is 0 Å². The van der Waals surface area contributed by atoms with Crippen molar-refractivity contribution in [2.45, 2.75) is 5.41 Å². The minimum Gasteiger partial charge on any atom is -0.457 e. The summed E-state index contributed by atoms with van der Waals surface area (Å²) in [6, 6.07) is 99.6. The lowest BCUT2D eigenvalue weighted by molar-refractivity contribution is 0.436. The van der Waals surface area contributed by atoms with Crippen LogP contribution in [0, 0.1) is 17.9 Å². The minimum atomic E-state index is -1.17. The molecule has 10 nitrogen and oxygen atoms in total. The molecule has 1 aliphatic heterocycles. The van der Waals surface area contributed by atoms with Crippen molar-refractivity contribution in [3.05, 3.63) is 325 Å². The van der Waals surface area contributed by atoms with Crippen molar-refractivity contribution in [1.82, 2.24) is 32.8 Å². The Bertz CT molecular complexity index is 6590. The third-order valence-electron chi connectivity index (χ3n) is 20.4. The highest BCUT2D eigenvalue weighted by Gasteiger charge is 2.54. The molecule has 21 rings (SSSR count). The molecule has 2 aliphatic rings. The summed E-state index contributed by atoms with van der Waals surface area (Å²) in [5, 5.41) is 21.6. The molecule has 0 radical (unpaired) electrons. The van der Waals surface area contributed by atoms with Gasteiger partial charge in [-0.1, -0.05) is 133 Å². The summed E-state index contributed by atoms with van der Waals surface area (Å²) >= 11 is 0. The predicted octanol–water partition coefficient (Wildman–Crippen LogP) is 20.9. The van der Waals surface area contributed by atoms with E-state index in [1.807, 2.05) is 36.7 Å². The minimum absolute atomic E-state index is 0.578. The van der Waals surface area contributed by atoms with E-state index >= 15 is 0 Å². The first-order valence-electron chi connectivity index (χ1n) is 31.9. The first-order valence-corrected chi connectivity index (χ1v) is 31.9. The Kier molecular flexibility index (Phi) is 10.2. The van der Waals surface area contributed by atoms with E-state index in [1.54, 1.807) is 0 Å². The van der Waals surface area contributed by atoms with E-state index in [0.717, 1.165) is 160 Å². The number of nitrogens with zero attached hydrogens (tertiary/aromatic N) is 9. The van der Waals surface area contributed by atoms with Gasteiger partial charge in [0.2, 0.25) is 0 Å². The number of hydrogen-bond acceptors (Lipinski definition) is 4. The topological polar surface area (TPSA) is 87.8 Å². The standard InChI is InChI=1S/C85H47N9O/c1-87-51-31-36-79-65(41-51)63-22-8-15-29-77(63)94(79)56-46-70-84(89-49-56)83-69(45-55(48-88-83)93-75-27-13-6-20-61(75)62-21-7-14-28-76(62)93)85(70)67-43-53(91-73-25-11-4-18-59(73)60-19-5-12-26-74(60)91)33-38-81(67)95-82-39-34-54(44-68(82)85)92-78-35-30-50(47-86)40-64(78)66-42-52(32-37-80(66)92)90-71-23-9-2-16-57(71)58-17-3-10-24-72(58)90/h2-46,48-49H. The molecule has 0 N–H and O–H groups in total. The number of ether oxygens (including phenoxy) is 1. The number of fused-ring (bicyclic) bond motifs is 24. The second kappa shape index (κ2) is 18.9.